The number of hydrogen-bond donors (Lipinski definition) is 1. The molecule has 3 heterocycles. The van der Waals surface area contributed by atoms with E-state index in [1.54, 1.807) is 12.4 Å². The minimum Gasteiger partial charge on any atom is -0.341 e. The molecule has 1 saturated carbocycles. The number of piperidine rings is 1. The number of nitrogens with one attached hydrogen (secondary N) is 1. The number of anilines is 2. The van der Waals surface area contributed by atoms with Crippen LogP contribution in [0.4, 0.5) is 11.8 Å². The molecule has 2 aromatic heterocycles. The number of amides is 1. The van der Waals surface area contributed by atoms with Crippen LogP contribution in [-0.2, 0) is 11.2 Å². The van der Waals surface area contributed by atoms with Gasteiger partial charge in [-0.25, -0.2) is 15.0 Å². The van der Waals surface area contributed by atoms with E-state index in [0.717, 1.165) is 43.2 Å². The molecule has 29 heavy (non-hydrogen) atoms. The SMILES string of the molecule is CC(=O)Nc1ccc(CCC[C@@H]2C[C@@H]2C2CCN(c3ncc(Cl)cn3)CC2)cn1. The lowest BCUT2D eigenvalue weighted by Crippen LogP contribution is -2.35. The Morgan fingerprint density at radius 3 is 2.59 bits per heavy atom. The summed E-state index contributed by atoms with van der Waals surface area (Å²) in [6, 6.07) is 3.95. The van der Waals surface area contributed by atoms with Gasteiger partial charge in [0.25, 0.3) is 0 Å². The van der Waals surface area contributed by atoms with Crippen LogP contribution in [0.25, 0.3) is 0 Å². The molecule has 2 atom stereocenters. The Balaban J connectivity index is 1.16. The second-order valence-corrected chi connectivity index (χ2v) is 8.75. The second-order valence-electron chi connectivity index (χ2n) is 8.31. The molecule has 0 bridgehead atoms. The van der Waals surface area contributed by atoms with Gasteiger partial charge in [0, 0.05) is 26.2 Å². The molecule has 0 unspecified atom stereocenters. The Labute approximate surface area is 177 Å². The van der Waals surface area contributed by atoms with E-state index in [2.05, 4.69) is 31.2 Å². The number of aryl methyl sites for hydroxylation is 1. The molecular weight excluding hydrogens is 386 g/mol. The molecule has 2 fully saturated rings. The zero-order valence-corrected chi connectivity index (χ0v) is 17.6. The number of carbonyl (C=O) groups is 1. The summed E-state index contributed by atoms with van der Waals surface area (Å²) in [5.74, 6) is 3.99. The maximum absolute atomic E-state index is 11.1. The second kappa shape index (κ2) is 9.08. The summed E-state index contributed by atoms with van der Waals surface area (Å²) in [5.41, 5.74) is 1.24. The van der Waals surface area contributed by atoms with E-state index in [1.165, 1.54) is 44.6 Å². The molecule has 6 nitrogen and oxygen atoms in total. The standard InChI is InChI=1S/C22H28ClN5O/c1-15(29)27-21-6-5-16(12-24-21)3-2-4-18-11-20(18)17-7-9-28(10-8-17)22-25-13-19(23)14-26-22/h5-6,12-14,17-18,20H,2-4,7-11H2,1H3,(H,24,27,29)/t18-,20-/m1/s1. The van der Waals surface area contributed by atoms with Gasteiger partial charge >= 0.3 is 0 Å². The smallest absolute Gasteiger partial charge is 0.225 e. The first-order chi connectivity index (χ1) is 14.1. The molecule has 1 saturated heterocycles. The molecule has 0 radical (unpaired) electrons. The van der Waals surface area contributed by atoms with Crippen LogP contribution in [0.5, 0.6) is 0 Å². The van der Waals surface area contributed by atoms with Crippen molar-refractivity contribution in [2.45, 2.75) is 45.4 Å². The number of carbonyl (C=O) groups excluding carboxylic acids is 1. The van der Waals surface area contributed by atoms with Gasteiger partial charge in [0.2, 0.25) is 11.9 Å². The Hall–Kier alpha value is -2.21. The van der Waals surface area contributed by atoms with Crippen molar-refractivity contribution in [3.05, 3.63) is 41.3 Å². The minimum absolute atomic E-state index is 0.0865. The maximum Gasteiger partial charge on any atom is 0.225 e. The van der Waals surface area contributed by atoms with Gasteiger partial charge in [-0.15, -0.1) is 0 Å². The molecule has 1 aliphatic heterocycles. The maximum atomic E-state index is 11.1. The third-order valence-electron chi connectivity index (χ3n) is 6.18. The molecule has 1 aliphatic carbocycles. The topological polar surface area (TPSA) is 71.0 Å². The van der Waals surface area contributed by atoms with Crippen LogP contribution in [0.1, 0.15) is 44.6 Å². The summed E-state index contributed by atoms with van der Waals surface area (Å²) in [4.78, 5) is 26.3. The zero-order valence-electron chi connectivity index (χ0n) is 16.9. The van der Waals surface area contributed by atoms with Gasteiger partial charge in [-0.05, 0) is 67.9 Å². The van der Waals surface area contributed by atoms with Crippen molar-refractivity contribution in [2.75, 3.05) is 23.3 Å². The van der Waals surface area contributed by atoms with Gasteiger partial charge in [-0.2, -0.15) is 0 Å². The van der Waals surface area contributed by atoms with Crippen molar-refractivity contribution in [3.63, 3.8) is 0 Å². The van der Waals surface area contributed by atoms with Gasteiger partial charge in [0.1, 0.15) is 5.82 Å². The average molecular weight is 414 g/mol. The van der Waals surface area contributed by atoms with Crippen LogP contribution in [0.3, 0.4) is 0 Å². The van der Waals surface area contributed by atoms with Crippen molar-refractivity contribution >= 4 is 29.3 Å². The zero-order chi connectivity index (χ0) is 20.2. The molecule has 2 aromatic rings. The molecule has 4 rings (SSSR count). The van der Waals surface area contributed by atoms with Crippen molar-refractivity contribution < 1.29 is 4.79 Å². The lowest BCUT2D eigenvalue weighted by Gasteiger charge is -2.32. The highest BCUT2D eigenvalue weighted by Gasteiger charge is 2.42. The van der Waals surface area contributed by atoms with Crippen molar-refractivity contribution in [3.8, 4) is 0 Å². The van der Waals surface area contributed by atoms with Gasteiger partial charge in [0.15, 0.2) is 0 Å². The highest BCUT2D eigenvalue weighted by molar-refractivity contribution is 6.30. The first-order valence-corrected chi connectivity index (χ1v) is 10.9. The van der Waals surface area contributed by atoms with Gasteiger partial charge in [-0.3, -0.25) is 4.79 Å². The van der Waals surface area contributed by atoms with Crippen LogP contribution in [0, 0.1) is 17.8 Å². The third-order valence-corrected chi connectivity index (χ3v) is 6.38. The summed E-state index contributed by atoms with van der Waals surface area (Å²) in [6.07, 6.45) is 12.7. The van der Waals surface area contributed by atoms with E-state index in [1.807, 2.05) is 12.3 Å². The van der Waals surface area contributed by atoms with Crippen LogP contribution in [-0.4, -0.2) is 33.9 Å². The lowest BCUT2D eigenvalue weighted by molar-refractivity contribution is -0.114. The fourth-order valence-electron chi connectivity index (χ4n) is 4.57. The quantitative estimate of drug-likeness (QED) is 0.730. The third kappa shape index (κ3) is 5.44. The van der Waals surface area contributed by atoms with E-state index in [4.69, 9.17) is 11.6 Å². The molecular formula is C22H28ClN5O. The van der Waals surface area contributed by atoms with Crippen LogP contribution < -0.4 is 10.2 Å². The molecule has 7 heteroatoms. The summed E-state index contributed by atoms with van der Waals surface area (Å²) < 4.78 is 0. The Bertz CT molecular complexity index is 818. The minimum atomic E-state index is -0.0865. The summed E-state index contributed by atoms with van der Waals surface area (Å²) in [6.45, 7) is 3.58. The largest absolute Gasteiger partial charge is 0.341 e. The summed E-state index contributed by atoms with van der Waals surface area (Å²) >= 11 is 5.88. The number of pyridine rings is 1. The predicted octanol–water partition coefficient (Wildman–Crippen LogP) is 4.36. The average Bonchev–Trinajstić information content (AvgIpc) is 3.49. The van der Waals surface area contributed by atoms with Crippen LogP contribution in [0.15, 0.2) is 30.7 Å². The van der Waals surface area contributed by atoms with Gasteiger partial charge in [-0.1, -0.05) is 17.7 Å². The van der Waals surface area contributed by atoms with Crippen molar-refractivity contribution in [2.24, 2.45) is 17.8 Å². The number of halogens is 1. The summed E-state index contributed by atoms with van der Waals surface area (Å²) in [5, 5.41) is 3.29. The normalized spacial score (nSPS) is 21.8. The van der Waals surface area contributed by atoms with Crippen LogP contribution in [0.2, 0.25) is 5.02 Å². The molecule has 2 aliphatic rings. The molecule has 0 aromatic carbocycles. The first-order valence-electron chi connectivity index (χ1n) is 10.5. The van der Waals surface area contributed by atoms with Gasteiger partial charge in [0.05, 0.1) is 17.4 Å². The van der Waals surface area contributed by atoms with E-state index < -0.39 is 0 Å². The highest BCUT2D eigenvalue weighted by atomic mass is 35.5. The van der Waals surface area contributed by atoms with Crippen LogP contribution >= 0.6 is 11.6 Å². The molecule has 1 N–H and O–H groups in total. The fraction of sp³-hybridized carbons (Fsp3) is 0.545. The molecule has 0 spiro atoms. The molecule has 1 amide bonds. The Morgan fingerprint density at radius 1 is 1.17 bits per heavy atom. The Kier molecular flexibility index (Phi) is 6.28. The van der Waals surface area contributed by atoms with E-state index in [-0.39, 0.29) is 5.91 Å². The Morgan fingerprint density at radius 2 is 1.93 bits per heavy atom. The van der Waals surface area contributed by atoms with E-state index >= 15 is 0 Å². The van der Waals surface area contributed by atoms with E-state index in [0.29, 0.717) is 10.8 Å². The number of nitrogens with zero attached hydrogens (tertiary/aromatic N) is 4. The van der Waals surface area contributed by atoms with Crippen molar-refractivity contribution in [1.29, 1.82) is 0 Å². The van der Waals surface area contributed by atoms with Crippen molar-refractivity contribution in [1.82, 2.24) is 15.0 Å². The predicted molar refractivity (Wildman–Crippen MR) is 115 cm³/mol. The van der Waals surface area contributed by atoms with E-state index in [9.17, 15) is 4.79 Å². The first kappa shape index (κ1) is 20.1. The number of aromatic nitrogens is 3. The molecule has 154 valence electrons. The summed E-state index contributed by atoms with van der Waals surface area (Å²) in [7, 11) is 0. The number of rotatable bonds is 7. The fourth-order valence-corrected chi connectivity index (χ4v) is 4.67. The lowest BCUT2D eigenvalue weighted by atomic mass is 9.90. The highest BCUT2D eigenvalue weighted by Crippen LogP contribution is 2.50. The van der Waals surface area contributed by atoms with Gasteiger partial charge < -0.3 is 10.2 Å². The number of hydrogen-bond acceptors (Lipinski definition) is 5. The monoisotopic (exact) mass is 413 g/mol.